The molecule has 0 aliphatic carbocycles. The minimum Gasteiger partial charge on any atom is -0.362 e. The van der Waals surface area contributed by atoms with Crippen molar-refractivity contribution in [3.8, 4) is 0 Å². The number of nitrogens with one attached hydrogen (secondary N) is 2. The molecule has 2 saturated heterocycles. The van der Waals surface area contributed by atoms with Crippen LogP contribution in [0.1, 0.15) is 65.2 Å². The predicted octanol–water partition coefficient (Wildman–Crippen LogP) is 3.93. The van der Waals surface area contributed by atoms with Crippen LogP contribution < -0.4 is 20.4 Å². The Balaban J connectivity index is 1.85. The lowest BCUT2D eigenvalue weighted by Crippen LogP contribution is -2.38. The van der Waals surface area contributed by atoms with Crippen LogP contribution in [0.2, 0.25) is 0 Å². The zero-order valence-electron chi connectivity index (χ0n) is 16.8. The number of thiocarbonyl (C=S) groups is 1. The number of nitrogens with zero attached hydrogens (tertiary/aromatic N) is 4. The monoisotopic (exact) mass is 390 g/mol. The van der Waals surface area contributed by atoms with Crippen LogP contribution in [0, 0.1) is 0 Å². The normalized spacial score (nSPS) is 20.9. The fourth-order valence-electron chi connectivity index (χ4n) is 3.91. The van der Waals surface area contributed by atoms with Crippen LogP contribution in [0.4, 0.5) is 17.6 Å². The van der Waals surface area contributed by atoms with E-state index in [4.69, 9.17) is 22.2 Å². The Morgan fingerprint density at radius 3 is 2.48 bits per heavy atom. The van der Waals surface area contributed by atoms with Crippen LogP contribution in [0.25, 0.3) is 0 Å². The highest BCUT2D eigenvalue weighted by Crippen LogP contribution is 2.28. The van der Waals surface area contributed by atoms with E-state index in [1.807, 2.05) is 0 Å². The molecule has 0 unspecified atom stereocenters. The summed E-state index contributed by atoms with van der Waals surface area (Å²) in [5, 5.41) is 7.02. The standard InChI is InChI=1S/C20H34N6S/c1-3-11-21-20(27)24-19-22-17(25-12-7-4-5-8-13-25)15-18(23-19)26-14-9-6-10-16(26)2/h15-16H,3-14H2,1-2H3,(H2,21,22,23,24,27)/t16-/m0/s1. The molecule has 2 aliphatic rings. The lowest BCUT2D eigenvalue weighted by Gasteiger charge is -2.35. The Labute approximate surface area is 169 Å². The van der Waals surface area contributed by atoms with Crippen molar-refractivity contribution in [2.24, 2.45) is 0 Å². The van der Waals surface area contributed by atoms with E-state index in [0.29, 0.717) is 17.1 Å². The van der Waals surface area contributed by atoms with Crippen LogP contribution >= 0.6 is 12.2 Å². The molecule has 7 heteroatoms. The average Bonchev–Trinajstić information content (AvgIpc) is 2.96. The summed E-state index contributed by atoms with van der Waals surface area (Å²) < 4.78 is 0. The molecule has 2 aliphatic heterocycles. The number of anilines is 3. The van der Waals surface area contributed by atoms with Crippen molar-refractivity contribution in [1.29, 1.82) is 0 Å². The molecule has 1 aromatic heterocycles. The summed E-state index contributed by atoms with van der Waals surface area (Å²) in [5.41, 5.74) is 0. The molecule has 6 nitrogen and oxygen atoms in total. The fraction of sp³-hybridized carbons (Fsp3) is 0.750. The third-order valence-electron chi connectivity index (χ3n) is 5.49. The number of hydrogen-bond acceptors (Lipinski definition) is 5. The van der Waals surface area contributed by atoms with Gasteiger partial charge in [-0.25, -0.2) is 0 Å². The molecule has 0 bridgehead atoms. The fourth-order valence-corrected chi connectivity index (χ4v) is 4.10. The van der Waals surface area contributed by atoms with Gasteiger partial charge < -0.3 is 20.4 Å². The minimum atomic E-state index is 0.517. The SMILES string of the molecule is CCCNC(=S)Nc1nc(N2CCCCCC2)cc(N2CCCC[C@@H]2C)n1. The molecule has 2 fully saturated rings. The van der Waals surface area contributed by atoms with Crippen LogP contribution in [0.3, 0.4) is 0 Å². The van der Waals surface area contributed by atoms with E-state index in [0.717, 1.165) is 44.2 Å². The topological polar surface area (TPSA) is 56.3 Å². The molecule has 3 rings (SSSR count). The summed E-state index contributed by atoms with van der Waals surface area (Å²) in [6.07, 6.45) is 9.89. The van der Waals surface area contributed by atoms with E-state index in [1.165, 1.54) is 44.9 Å². The molecule has 0 amide bonds. The van der Waals surface area contributed by atoms with Gasteiger partial charge in [-0.3, -0.25) is 0 Å². The van der Waals surface area contributed by atoms with E-state index < -0.39 is 0 Å². The number of aromatic nitrogens is 2. The van der Waals surface area contributed by atoms with Gasteiger partial charge in [-0.05, 0) is 57.7 Å². The summed E-state index contributed by atoms with van der Waals surface area (Å²) in [4.78, 5) is 14.5. The predicted molar refractivity (Wildman–Crippen MR) is 118 cm³/mol. The van der Waals surface area contributed by atoms with Gasteiger partial charge in [-0.1, -0.05) is 19.8 Å². The molecule has 2 N–H and O–H groups in total. The minimum absolute atomic E-state index is 0.517. The second-order valence-electron chi connectivity index (χ2n) is 7.73. The highest BCUT2D eigenvalue weighted by molar-refractivity contribution is 7.80. The lowest BCUT2D eigenvalue weighted by molar-refractivity contribution is 0.481. The van der Waals surface area contributed by atoms with Crippen molar-refractivity contribution in [3.05, 3.63) is 6.07 Å². The van der Waals surface area contributed by atoms with Crippen LogP contribution in [0.5, 0.6) is 0 Å². The summed E-state index contributed by atoms with van der Waals surface area (Å²) >= 11 is 5.42. The van der Waals surface area contributed by atoms with Gasteiger partial charge in [0.05, 0.1) is 0 Å². The Kier molecular flexibility index (Phi) is 7.50. The van der Waals surface area contributed by atoms with Crippen LogP contribution in [0.15, 0.2) is 6.07 Å². The molecule has 1 atom stereocenters. The number of hydrogen-bond donors (Lipinski definition) is 2. The maximum atomic E-state index is 5.42. The van der Waals surface area contributed by atoms with Crippen LogP contribution in [-0.2, 0) is 0 Å². The van der Waals surface area contributed by atoms with E-state index in [-0.39, 0.29) is 0 Å². The molecule has 150 valence electrons. The van der Waals surface area contributed by atoms with E-state index in [2.05, 4.69) is 40.3 Å². The van der Waals surface area contributed by atoms with Crippen molar-refractivity contribution in [2.45, 2.75) is 71.3 Å². The lowest BCUT2D eigenvalue weighted by atomic mass is 10.0. The largest absolute Gasteiger partial charge is 0.362 e. The first-order chi connectivity index (χ1) is 13.2. The molecule has 0 radical (unpaired) electrons. The van der Waals surface area contributed by atoms with Crippen molar-refractivity contribution in [1.82, 2.24) is 15.3 Å². The zero-order valence-corrected chi connectivity index (χ0v) is 17.7. The smallest absolute Gasteiger partial charge is 0.232 e. The van der Waals surface area contributed by atoms with Crippen LogP contribution in [-0.4, -0.2) is 47.3 Å². The first kappa shape index (κ1) is 20.1. The summed E-state index contributed by atoms with van der Waals surface area (Å²) in [6.45, 7) is 8.49. The zero-order chi connectivity index (χ0) is 19.1. The van der Waals surface area contributed by atoms with Gasteiger partial charge in [0.2, 0.25) is 5.95 Å². The highest BCUT2D eigenvalue weighted by Gasteiger charge is 2.22. The van der Waals surface area contributed by atoms with Gasteiger partial charge in [-0.2, -0.15) is 9.97 Å². The second-order valence-corrected chi connectivity index (χ2v) is 8.14. The molecular weight excluding hydrogens is 356 g/mol. The van der Waals surface area contributed by atoms with Gasteiger partial charge in [0.1, 0.15) is 11.6 Å². The van der Waals surface area contributed by atoms with Gasteiger partial charge in [0, 0.05) is 38.3 Å². The van der Waals surface area contributed by atoms with Crippen molar-refractivity contribution in [2.75, 3.05) is 41.3 Å². The van der Waals surface area contributed by atoms with E-state index >= 15 is 0 Å². The third-order valence-corrected chi connectivity index (χ3v) is 5.73. The summed E-state index contributed by atoms with van der Waals surface area (Å²) in [6, 6.07) is 2.70. The van der Waals surface area contributed by atoms with Crippen molar-refractivity contribution >= 4 is 34.9 Å². The second kappa shape index (κ2) is 10.1. The number of piperidine rings is 1. The molecule has 27 heavy (non-hydrogen) atoms. The molecule has 0 saturated carbocycles. The van der Waals surface area contributed by atoms with Crippen molar-refractivity contribution < 1.29 is 0 Å². The Morgan fingerprint density at radius 2 is 1.78 bits per heavy atom. The molecule has 0 aromatic carbocycles. The molecular formula is C20H34N6S. The summed E-state index contributed by atoms with van der Waals surface area (Å²) in [7, 11) is 0. The van der Waals surface area contributed by atoms with E-state index in [1.54, 1.807) is 0 Å². The molecule has 0 spiro atoms. The van der Waals surface area contributed by atoms with Gasteiger partial charge in [-0.15, -0.1) is 0 Å². The Hall–Kier alpha value is -1.63. The first-order valence-electron chi connectivity index (χ1n) is 10.6. The maximum absolute atomic E-state index is 5.42. The Morgan fingerprint density at radius 1 is 1.07 bits per heavy atom. The third kappa shape index (κ3) is 5.67. The van der Waals surface area contributed by atoms with E-state index in [9.17, 15) is 0 Å². The molecule has 1 aromatic rings. The van der Waals surface area contributed by atoms with Gasteiger partial charge in [0.25, 0.3) is 0 Å². The molecule has 3 heterocycles. The summed E-state index contributed by atoms with van der Waals surface area (Å²) in [5.74, 6) is 2.66. The maximum Gasteiger partial charge on any atom is 0.232 e. The first-order valence-corrected chi connectivity index (χ1v) is 11.0. The number of rotatable bonds is 5. The van der Waals surface area contributed by atoms with Gasteiger partial charge >= 0.3 is 0 Å². The Bertz CT molecular complexity index is 614. The van der Waals surface area contributed by atoms with Crippen molar-refractivity contribution in [3.63, 3.8) is 0 Å². The van der Waals surface area contributed by atoms with Gasteiger partial charge in [0.15, 0.2) is 5.11 Å². The average molecular weight is 391 g/mol. The highest BCUT2D eigenvalue weighted by atomic mass is 32.1. The quantitative estimate of drug-likeness (QED) is 0.739.